The van der Waals surface area contributed by atoms with Gasteiger partial charge in [0.2, 0.25) is 0 Å². The van der Waals surface area contributed by atoms with E-state index in [1.807, 2.05) is 11.3 Å². The Bertz CT molecular complexity index is 3250. The van der Waals surface area contributed by atoms with Crippen LogP contribution in [0.2, 0.25) is 0 Å². The van der Waals surface area contributed by atoms with Crippen LogP contribution in [0, 0.1) is 0 Å². The average Bonchev–Trinajstić information content (AvgIpc) is 3.68. The average molecular weight is 756 g/mol. The molecule has 0 aliphatic heterocycles. The van der Waals surface area contributed by atoms with Crippen molar-refractivity contribution in [3.8, 4) is 44.5 Å². The Kier molecular flexibility index (Phi) is 8.42. The minimum atomic E-state index is 1.10. The number of thiophene rings is 1. The first kappa shape index (κ1) is 34.0. The van der Waals surface area contributed by atoms with Gasteiger partial charge in [0.05, 0.1) is 5.69 Å². The lowest BCUT2D eigenvalue weighted by Gasteiger charge is -2.29. The molecule has 0 N–H and O–H groups in total. The van der Waals surface area contributed by atoms with Gasteiger partial charge in [0.1, 0.15) is 0 Å². The summed E-state index contributed by atoms with van der Waals surface area (Å²) < 4.78 is 2.60. The maximum Gasteiger partial charge on any atom is 0.0546 e. The minimum absolute atomic E-state index is 1.10. The molecule has 0 radical (unpaired) electrons. The number of nitrogens with zero attached hydrogens (tertiary/aromatic N) is 1. The molecule has 1 nitrogen and oxygen atoms in total. The smallest absolute Gasteiger partial charge is 0.0546 e. The van der Waals surface area contributed by atoms with Gasteiger partial charge < -0.3 is 4.90 Å². The Morgan fingerprint density at radius 3 is 1.52 bits per heavy atom. The summed E-state index contributed by atoms with van der Waals surface area (Å²) in [7, 11) is 0. The van der Waals surface area contributed by atoms with Crippen LogP contribution >= 0.6 is 11.3 Å². The Labute approximate surface area is 342 Å². The molecular formula is C56H37NS. The first-order valence-electron chi connectivity index (χ1n) is 19.8. The maximum atomic E-state index is 2.46. The van der Waals surface area contributed by atoms with Crippen molar-refractivity contribution in [3.63, 3.8) is 0 Å². The molecule has 10 aromatic carbocycles. The minimum Gasteiger partial charge on any atom is -0.310 e. The summed E-state index contributed by atoms with van der Waals surface area (Å²) >= 11 is 1.86. The normalized spacial score (nSPS) is 11.4. The van der Waals surface area contributed by atoms with E-state index < -0.39 is 0 Å². The van der Waals surface area contributed by atoms with E-state index in [-0.39, 0.29) is 0 Å². The molecule has 0 unspecified atom stereocenters. The maximum absolute atomic E-state index is 2.46. The van der Waals surface area contributed by atoms with Gasteiger partial charge in [0, 0.05) is 37.1 Å². The molecule has 1 heterocycles. The molecule has 0 spiro atoms. The van der Waals surface area contributed by atoms with Crippen molar-refractivity contribution in [2.45, 2.75) is 0 Å². The molecule has 11 aromatic rings. The molecule has 0 amide bonds. The van der Waals surface area contributed by atoms with E-state index in [0.29, 0.717) is 0 Å². The van der Waals surface area contributed by atoms with Crippen molar-refractivity contribution in [1.29, 1.82) is 0 Å². The summed E-state index contributed by atoms with van der Waals surface area (Å²) in [5.41, 5.74) is 12.9. The molecule has 0 aliphatic rings. The second kappa shape index (κ2) is 14.4. The van der Waals surface area contributed by atoms with Crippen molar-refractivity contribution in [2.24, 2.45) is 0 Å². The number of hydrogen-bond acceptors (Lipinski definition) is 2. The largest absolute Gasteiger partial charge is 0.310 e. The third-order valence-electron chi connectivity index (χ3n) is 11.5. The predicted molar refractivity (Wildman–Crippen MR) is 251 cm³/mol. The van der Waals surface area contributed by atoms with E-state index in [1.165, 1.54) is 86.2 Å². The molecule has 0 saturated carbocycles. The Balaban J connectivity index is 1.12. The van der Waals surface area contributed by atoms with Gasteiger partial charge in [0.25, 0.3) is 0 Å². The summed E-state index contributed by atoms with van der Waals surface area (Å²) in [6.07, 6.45) is 0. The van der Waals surface area contributed by atoms with Crippen LogP contribution < -0.4 is 4.90 Å². The van der Waals surface area contributed by atoms with E-state index in [1.54, 1.807) is 0 Å². The number of benzene rings is 10. The fourth-order valence-electron chi connectivity index (χ4n) is 8.61. The summed E-state index contributed by atoms with van der Waals surface area (Å²) in [5.74, 6) is 0. The standard InChI is InChI=1S/C56H37NS/c1-3-13-38(14-4-1)39-23-25-40(26-24-39)41-27-30-45(31-28-41)57(46-32-34-56-53(37-46)51-21-11-12-22-55(51)58-56)54-36-44(29-33-48(54)42-15-5-2-6-16-42)52-35-43-17-7-8-18-47(43)49-19-9-10-20-50(49)52/h1-37H. The van der Waals surface area contributed by atoms with E-state index in [2.05, 4.69) is 229 Å². The monoisotopic (exact) mass is 755 g/mol. The zero-order chi connectivity index (χ0) is 38.4. The lowest BCUT2D eigenvalue weighted by Crippen LogP contribution is -2.11. The second-order valence-corrected chi connectivity index (χ2v) is 16.0. The van der Waals surface area contributed by atoms with Crippen molar-refractivity contribution < 1.29 is 0 Å². The molecule has 1 aromatic heterocycles. The van der Waals surface area contributed by atoms with E-state index in [4.69, 9.17) is 0 Å². The van der Waals surface area contributed by atoms with Crippen molar-refractivity contribution in [1.82, 2.24) is 0 Å². The zero-order valence-electron chi connectivity index (χ0n) is 31.7. The van der Waals surface area contributed by atoms with Crippen LogP contribution in [0.5, 0.6) is 0 Å². The Hall–Kier alpha value is -7.26. The van der Waals surface area contributed by atoms with Gasteiger partial charge in [-0.2, -0.15) is 0 Å². The Morgan fingerprint density at radius 2 is 0.793 bits per heavy atom. The molecule has 0 atom stereocenters. The number of anilines is 3. The van der Waals surface area contributed by atoms with Gasteiger partial charge in [-0.25, -0.2) is 0 Å². The third kappa shape index (κ3) is 6.03. The summed E-state index contributed by atoms with van der Waals surface area (Å²) in [6.45, 7) is 0. The van der Waals surface area contributed by atoms with E-state index in [9.17, 15) is 0 Å². The van der Waals surface area contributed by atoms with Crippen molar-refractivity contribution in [3.05, 3.63) is 224 Å². The van der Waals surface area contributed by atoms with Crippen LogP contribution in [-0.4, -0.2) is 0 Å². The molecule has 0 saturated heterocycles. The molecule has 0 fully saturated rings. The Morgan fingerprint density at radius 1 is 0.276 bits per heavy atom. The number of rotatable bonds is 7. The fourth-order valence-corrected chi connectivity index (χ4v) is 9.69. The first-order chi connectivity index (χ1) is 28.7. The van der Waals surface area contributed by atoms with Crippen molar-refractivity contribution >= 4 is 70.1 Å². The zero-order valence-corrected chi connectivity index (χ0v) is 32.5. The summed E-state index contributed by atoms with van der Waals surface area (Å²) in [4.78, 5) is 2.46. The van der Waals surface area contributed by atoms with Gasteiger partial charge in [-0.3, -0.25) is 0 Å². The van der Waals surface area contributed by atoms with Gasteiger partial charge in [-0.05, 0) is 109 Å². The highest BCUT2D eigenvalue weighted by atomic mass is 32.1. The molecule has 0 bridgehead atoms. The van der Waals surface area contributed by atoms with E-state index >= 15 is 0 Å². The second-order valence-electron chi connectivity index (χ2n) is 14.9. The third-order valence-corrected chi connectivity index (χ3v) is 12.6. The van der Waals surface area contributed by atoms with Gasteiger partial charge in [-0.15, -0.1) is 11.3 Å². The highest BCUT2D eigenvalue weighted by molar-refractivity contribution is 7.25. The fraction of sp³-hybridized carbons (Fsp3) is 0. The molecular weight excluding hydrogens is 719 g/mol. The van der Waals surface area contributed by atoms with Crippen LogP contribution in [0.1, 0.15) is 0 Å². The molecule has 58 heavy (non-hydrogen) atoms. The van der Waals surface area contributed by atoms with Crippen LogP contribution in [0.4, 0.5) is 17.1 Å². The lowest BCUT2D eigenvalue weighted by molar-refractivity contribution is 1.29. The molecule has 0 aliphatic carbocycles. The van der Waals surface area contributed by atoms with Crippen molar-refractivity contribution in [2.75, 3.05) is 4.90 Å². The molecule has 272 valence electrons. The summed E-state index contributed by atoms with van der Waals surface area (Å²) in [6, 6.07) is 82.1. The van der Waals surface area contributed by atoms with Crippen LogP contribution in [0.15, 0.2) is 224 Å². The van der Waals surface area contributed by atoms with Crippen LogP contribution in [-0.2, 0) is 0 Å². The SMILES string of the molecule is c1ccc(-c2ccc(-c3ccc(N(c4ccc5sc6ccccc6c5c4)c4cc(-c5cc6ccccc6c6ccccc56)ccc4-c4ccccc4)cc3)cc2)cc1. The number of hydrogen-bond donors (Lipinski definition) is 0. The molecule has 2 heteroatoms. The van der Waals surface area contributed by atoms with E-state index in [0.717, 1.165) is 17.1 Å². The van der Waals surface area contributed by atoms with Crippen LogP contribution in [0.25, 0.3) is 86.2 Å². The lowest BCUT2D eigenvalue weighted by atomic mass is 9.91. The van der Waals surface area contributed by atoms with Crippen LogP contribution in [0.3, 0.4) is 0 Å². The highest BCUT2D eigenvalue weighted by Crippen LogP contribution is 2.46. The highest BCUT2D eigenvalue weighted by Gasteiger charge is 2.21. The topological polar surface area (TPSA) is 3.24 Å². The summed E-state index contributed by atoms with van der Waals surface area (Å²) in [5, 5.41) is 7.59. The quantitative estimate of drug-likeness (QED) is 0.146. The molecule has 11 rings (SSSR count). The van der Waals surface area contributed by atoms with Gasteiger partial charge >= 0.3 is 0 Å². The predicted octanol–water partition coefficient (Wildman–Crippen LogP) is 16.5. The van der Waals surface area contributed by atoms with Gasteiger partial charge in [0.15, 0.2) is 0 Å². The first-order valence-corrected chi connectivity index (χ1v) is 20.6. The van der Waals surface area contributed by atoms with Gasteiger partial charge in [-0.1, -0.05) is 176 Å². The number of fused-ring (bicyclic) bond motifs is 6.